The summed E-state index contributed by atoms with van der Waals surface area (Å²) in [7, 11) is 3.39. The van der Waals surface area contributed by atoms with Gasteiger partial charge in [0.25, 0.3) is 0 Å². The van der Waals surface area contributed by atoms with Crippen LogP contribution in [0.3, 0.4) is 0 Å². The van der Waals surface area contributed by atoms with Crippen molar-refractivity contribution in [3.63, 3.8) is 0 Å². The van der Waals surface area contributed by atoms with Crippen molar-refractivity contribution in [2.45, 2.75) is 20.4 Å². The summed E-state index contributed by atoms with van der Waals surface area (Å²) in [5.41, 5.74) is 3.81. The Morgan fingerprint density at radius 3 is 2.37 bits per heavy atom. The van der Waals surface area contributed by atoms with Gasteiger partial charge < -0.3 is 14.8 Å². The largest absolute Gasteiger partial charge is 0.493 e. The number of hydrogen-bond acceptors (Lipinski definition) is 4. The molecule has 0 radical (unpaired) electrons. The van der Waals surface area contributed by atoms with Gasteiger partial charge in [-0.2, -0.15) is 0 Å². The molecule has 0 saturated carbocycles. The van der Waals surface area contributed by atoms with Crippen molar-refractivity contribution in [2.75, 3.05) is 40.4 Å². The number of methoxy groups -OCH3 is 2. The highest BCUT2D eigenvalue weighted by molar-refractivity contribution is 5.53. The van der Waals surface area contributed by atoms with Crippen LogP contribution in [-0.2, 0) is 6.54 Å². The van der Waals surface area contributed by atoms with Crippen molar-refractivity contribution in [3.8, 4) is 11.5 Å². The summed E-state index contributed by atoms with van der Waals surface area (Å²) in [5.74, 6) is 1.68. The van der Waals surface area contributed by atoms with Crippen LogP contribution in [-0.4, -0.2) is 45.3 Å². The highest BCUT2D eigenvalue weighted by Crippen LogP contribution is 2.35. The fourth-order valence-corrected chi connectivity index (χ4v) is 2.61. The van der Waals surface area contributed by atoms with Crippen LogP contribution in [0.25, 0.3) is 0 Å². The fraction of sp³-hybridized carbons (Fsp3) is 0.600. The van der Waals surface area contributed by atoms with Crippen LogP contribution in [0.2, 0.25) is 0 Å². The van der Waals surface area contributed by atoms with Crippen LogP contribution < -0.4 is 14.8 Å². The van der Waals surface area contributed by atoms with Crippen LogP contribution in [0.1, 0.15) is 16.7 Å². The third-order valence-corrected chi connectivity index (χ3v) is 3.94. The number of hydrogen-bond donors (Lipinski definition) is 1. The molecule has 1 aromatic rings. The Morgan fingerprint density at radius 1 is 1.11 bits per heavy atom. The first-order valence-corrected chi connectivity index (χ1v) is 6.81. The summed E-state index contributed by atoms with van der Waals surface area (Å²) in [6.07, 6.45) is 0. The Balaban J connectivity index is 2.26. The maximum Gasteiger partial charge on any atom is 0.163 e. The second-order valence-corrected chi connectivity index (χ2v) is 5.05. The monoisotopic (exact) mass is 264 g/mol. The van der Waals surface area contributed by atoms with E-state index in [1.54, 1.807) is 14.2 Å². The molecule has 1 N–H and O–H groups in total. The standard InChI is InChI=1S/C15H24N2O2/c1-11-12(2)15(19-4)14(18-3)9-13(11)10-17-7-5-16-6-8-17/h9,16H,5-8,10H2,1-4H3. The summed E-state index contributed by atoms with van der Waals surface area (Å²) >= 11 is 0. The molecule has 1 aliphatic rings. The Bertz CT molecular complexity index is 440. The Hall–Kier alpha value is -1.26. The minimum absolute atomic E-state index is 0.829. The van der Waals surface area contributed by atoms with Gasteiger partial charge in [-0.25, -0.2) is 0 Å². The first-order chi connectivity index (χ1) is 9.17. The van der Waals surface area contributed by atoms with Gasteiger partial charge in [-0.3, -0.25) is 4.90 Å². The highest BCUT2D eigenvalue weighted by atomic mass is 16.5. The Kier molecular flexibility index (Phi) is 4.66. The summed E-state index contributed by atoms with van der Waals surface area (Å²) in [6, 6.07) is 2.11. The van der Waals surface area contributed by atoms with Gasteiger partial charge in [0.2, 0.25) is 0 Å². The molecule has 106 valence electrons. The molecule has 0 aromatic heterocycles. The van der Waals surface area contributed by atoms with E-state index in [0.29, 0.717) is 0 Å². The first-order valence-electron chi connectivity index (χ1n) is 6.81. The van der Waals surface area contributed by atoms with Gasteiger partial charge in [-0.15, -0.1) is 0 Å². The van der Waals surface area contributed by atoms with Gasteiger partial charge in [0, 0.05) is 32.7 Å². The van der Waals surface area contributed by atoms with Crippen LogP contribution in [0, 0.1) is 13.8 Å². The van der Waals surface area contributed by atoms with E-state index in [9.17, 15) is 0 Å². The lowest BCUT2D eigenvalue weighted by Crippen LogP contribution is -2.43. The number of nitrogens with one attached hydrogen (secondary N) is 1. The van der Waals surface area contributed by atoms with E-state index < -0.39 is 0 Å². The van der Waals surface area contributed by atoms with Crippen molar-refractivity contribution in [1.82, 2.24) is 10.2 Å². The van der Waals surface area contributed by atoms with Crippen molar-refractivity contribution in [2.24, 2.45) is 0 Å². The Morgan fingerprint density at radius 2 is 1.79 bits per heavy atom. The molecule has 1 saturated heterocycles. The molecule has 1 aromatic carbocycles. The lowest BCUT2D eigenvalue weighted by molar-refractivity contribution is 0.232. The van der Waals surface area contributed by atoms with Crippen LogP contribution in [0.4, 0.5) is 0 Å². The average molecular weight is 264 g/mol. The molecule has 0 spiro atoms. The maximum atomic E-state index is 5.45. The molecule has 0 amide bonds. The topological polar surface area (TPSA) is 33.7 Å². The summed E-state index contributed by atoms with van der Waals surface area (Å²) in [6.45, 7) is 9.60. The number of rotatable bonds is 4. The van der Waals surface area contributed by atoms with Crippen molar-refractivity contribution in [3.05, 3.63) is 22.8 Å². The molecule has 19 heavy (non-hydrogen) atoms. The molecule has 1 fully saturated rings. The minimum Gasteiger partial charge on any atom is -0.493 e. The van der Waals surface area contributed by atoms with Gasteiger partial charge in [0.15, 0.2) is 11.5 Å². The number of nitrogens with zero attached hydrogens (tertiary/aromatic N) is 1. The van der Waals surface area contributed by atoms with E-state index in [0.717, 1.165) is 44.2 Å². The average Bonchev–Trinajstić information content (AvgIpc) is 2.45. The minimum atomic E-state index is 0.829. The van der Waals surface area contributed by atoms with Gasteiger partial charge >= 0.3 is 0 Å². The quantitative estimate of drug-likeness (QED) is 0.898. The third kappa shape index (κ3) is 3.01. The highest BCUT2D eigenvalue weighted by Gasteiger charge is 2.17. The van der Waals surface area contributed by atoms with Crippen molar-refractivity contribution < 1.29 is 9.47 Å². The zero-order chi connectivity index (χ0) is 13.8. The molecule has 0 bridgehead atoms. The van der Waals surface area contributed by atoms with E-state index in [2.05, 4.69) is 30.1 Å². The summed E-state index contributed by atoms with van der Waals surface area (Å²) in [4.78, 5) is 2.48. The van der Waals surface area contributed by atoms with E-state index in [1.165, 1.54) is 16.7 Å². The zero-order valence-corrected chi connectivity index (χ0v) is 12.4. The van der Waals surface area contributed by atoms with E-state index in [4.69, 9.17) is 9.47 Å². The van der Waals surface area contributed by atoms with Crippen molar-refractivity contribution in [1.29, 1.82) is 0 Å². The molecule has 4 heteroatoms. The normalized spacial score (nSPS) is 16.4. The lowest BCUT2D eigenvalue weighted by atomic mass is 10.0. The van der Waals surface area contributed by atoms with Crippen LogP contribution >= 0.6 is 0 Å². The number of piperazine rings is 1. The number of ether oxygens (including phenoxy) is 2. The fourth-order valence-electron chi connectivity index (χ4n) is 2.61. The lowest BCUT2D eigenvalue weighted by Gasteiger charge is -2.28. The van der Waals surface area contributed by atoms with Crippen LogP contribution in [0.5, 0.6) is 11.5 Å². The van der Waals surface area contributed by atoms with Gasteiger partial charge in [-0.05, 0) is 36.6 Å². The predicted octanol–water partition coefficient (Wildman–Crippen LogP) is 1.73. The van der Waals surface area contributed by atoms with E-state index >= 15 is 0 Å². The molecule has 4 nitrogen and oxygen atoms in total. The van der Waals surface area contributed by atoms with Gasteiger partial charge in [0.05, 0.1) is 14.2 Å². The molecular weight excluding hydrogens is 240 g/mol. The Labute approximate surface area is 115 Å². The summed E-state index contributed by atoms with van der Waals surface area (Å²) in [5, 5.41) is 3.38. The summed E-state index contributed by atoms with van der Waals surface area (Å²) < 4.78 is 10.9. The molecule has 0 atom stereocenters. The van der Waals surface area contributed by atoms with Crippen LogP contribution in [0.15, 0.2) is 6.07 Å². The SMILES string of the molecule is COc1cc(CN2CCNCC2)c(C)c(C)c1OC. The molecule has 0 unspecified atom stereocenters. The molecule has 1 aliphatic heterocycles. The second-order valence-electron chi connectivity index (χ2n) is 5.05. The number of benzene rings is 1. The zero-order valence-electron chi connectivity index (χ0n) is 12.4. The predicted molar refractivity (Wildman–Crippen MR) is 77.2 cm³/mol. The maximum absolute atomic E-state index is 5.45. The molecule has 0 aliphatic carbocycles. The van der Waals surface area contributed by atoms with Gasteiger partial charge in [0.1, 0.15) is 0 Å². The van der Waals surface area contributed by atoms with Crippen molar-refractivity contribution >= 4 is 0 Å². The molecule has 1 heterocycles. The third-order valence-electron chi connectivity index (χ3n) is 3.94. The molecule has 2 rings (SSSR count). The smallest absolute Gasteiger partial charge is 0.163 e. The van der Waals surface area contributed by atoms with E-state index in [1.807, 2.05) is 0 Å². The second kappa shape index (κ2) is 6.26. The molecular formula is C15H24N2O2. The van der Waals surface area contributed by atoms with Gasteiger partial charge in [-0.1, -0.05) is 0 Å². The first kappa shape index (κ1) is 14.2. The van der Waals surface area contributed by atoms with E-state index in [-0.39, 0.29) is 0 Å².